The van der Waals surface area contributed by atoms with Gasteiger partial charge in [0.1, 0.15) is 5.82 Å². The molecule has 1 rings (SSSR count). The molecule has 0 aliphatic rings. The van der Waals surface area contributed by atoms with E-state index in [1.54, 1.807) is 12.1 Å². The molecule has 2 amide bonds. The van der Waals surface area contributed by atoms with Gasteiger partial charge in [-0.1, -0.05) is 12.1 Å². The number of hydrogen-bond donors (Lipinski definition) is 3. The van der Waals surface area contributed by atoms with Crippen molar-refractivity contribution in [3.63, 3.8) is 0 Å². The maximum Gasteiger partial charge on any atom is 0.237 e. The van der Waals surface area contributed by atoms with Crippen molar-refractivity contribution in [3.05, 3.63) is 35.6 Å². The molecule has 0 bridgehead atoms. The van der Waals surface area contributed by atoms with E-state index in [9.17, 15) is 14.0 Å². The van der Waals surface area contributed by atoms with Crippen LogP contribution in [0.25, 0.3) is 0 Å². The first-order chi connectivity index (χ1) is 7.99. The molecule has 0 aliphatic heterocycles. The number of carbonyl (C=O) groups is 2. The highest BCUT2D eigenvalue weighted by molar-refractivity contribution is 5.87. The number of nitrogens with two attached hydrogens (primary N) is 2. The Balaban J connectivity index is 0.00000289. The van der Waals surface area contributed by atoms with Crippen LogP contribution in [-0.4, -0.2) is 17.9 Å². The van der Waals surface area contributed by atoms with Crippen molar-refractivity contribution in [1.82, 2.24) is 5.32 Å². The highest BCUT2D eigenvalue weighted by Crippen LogP contribution is 2.02. The number of halogens is 2. The maximum atomic E-state index is 12.8. The summed E-state index contributed by atoms with van der Waals surface area (Å²) >= 11 is 0. The van der Waals surface area contributed by atoms with E-state index < -0.39 is 17.9 Å². The smallest absolute Gasteiger partial charge is 0.237 e. The number of amides is 2. The minimum atomic E-state index is -0.971. The molecule has 100 valence electrons. The van der Waals surface area contributed by atoms with Gasteiger partial charge in [0.15, 0.2) is 0 Å². The zero-order valence-electron chi connectivity index (χ0n) is 9.56. The number of hydrogen-bond acceptors (Lipinski definition) is 3. The van der Waals surface area contributed by atoms with Crippen LogP contribution in [-0.2, 0) is 16.1 Å². The van der Waals surface area contributed by atoms with E-state index in [0.717, 1.165) is 0 Å². The Kier molecular flexibility index (Phi) is 6.92. The summed E-state index contributed by atoms with van der Waals surface area (Å²) in [5.74, 6) is -1.51. The second-order valence-electron chi connectivity index (χ2n) is 3.62. The predicted molar refractivity (Wildman–Crippen MR) is 67.3 cm³/mol. The molecule has 18 heavy (non-hydrogen) atoms. The SMILES string of the molecule is Cl.NC(=O)CC(N)C(=O)NCc1cccc(F)c1. The van der Waals surface area contributed by atoms with Crippen molar-refractivity contribution in [2.75, 3.05) is 0 Å². The standard InChI is InChI=1S/C11H14FN3O2.ClH/c12-8-3-1-2-7(4-8)6-15-11(17)9(13)5-10(14)16;/h1-4,9H,5-6,13H2,(H2,14,16)(H,15,17);1H. The summed E-state index contributed by atoms with van der Waals surface area (Å²) in [6, 6.07) is 4.86. The molecule has 5 N–H and O–H groups in total. The lowest BCUT2D eigenvalue weighted by Gasteiger charge is -2.10. The molecular weight excluding hydrogens is 261 g/mol. The average molecular weight is 276 g/mol. The van der Waals surface area contributed by atoms with Crippen molar-refractivity contribution in [3.8, 4) is 0 Å². The summed E-state index contributed by atoms with van der Waals surface area (Å²) in [6.45, 7) is 0.156. The highest BCUT2D eigenvalue weighted by Gasteiger charge is 2.15. The fourth-order valence-electron chi connectivity index (χ4n) is 1.28. The Morgan fingerprint density at radius 1 is 1.39 bits per heavy atom. The van der Waals surface area contributed by atoms with Gasteiger partial charge in [0.25, 0.3) is 0 Å². The first-order valence-electron chi connectivity index (χ1n) is 5.05. The molecule has 0 radical (unpaired) electrons. The highest BCUT2D eigenvalue weighted by atomic mass is 35.5. The lowest BCUT2D eigenvalue weighted by atomic mass is 10.2. The summed E-state index contributed by atoms with van der Waals surface area (Å²) in [5.41, 5.74) is 11.0. The molecule has 0 saturated heterocycles. The zero-order valence-corrected chi connectivity index (χ0v) is 10.4. The van der Waals surface area contributed by atoms with Crippen LogP contribution in [0.5, 0.6) is 0 Å². The molecular formula is C11H15ClFN3O2. The van der Waals surface area contributed by atoms with Crippen LogP contribution in [0, 0.1) is 5.82 Å². The van der Waals surface area contributed by atoms with E-state index in [0.29, 0.717) is 5.56 Å². The molecule has 1 unspecified atom stereocenters. The second kappa shape index (κ2) is 7.62. The molecule has 0 spiro atoms. The number of carbonyl (C=O) groups excluding carboxylic acids is 2. The van der Waals surface area contributed by atoms with E-state index in [-0.39, 0.29) is 31.2 Å². The van der Waals surface area contributed by atoms with E-state index in [2.05, 4.69) is 5.32 Å². The van der Waals surface area contributed by atoms with Crippen LogP contribution >= 0.6 is 12.4 Å². The van der Waals surface area contributed by atoms with Crippen molar-refractivity contribution in [2.45, 2.75) is 19.0 Å². The van der Waals surface area contributed by atoms with Crippen LogP contribution in [0.15, 0.2) is 24.3 Å². The lowest BCUT2D eigenvalue weighted by molar-refractivity contribution is -0.126. The Hall–Kier alpha value is -1.66. The van der Waals surface area contributed by atoms with Gasteiger partial charge >= 0.3 is 0 Å². The minimum absolute atomic E-state index is 0. The molecule has 0 aromatic heterocycles. The van der Waals surface area contributed by atoms with Crippen molar-refractivity contribution in [2.24, 2.45) is 11.5 Å². The molecule has 1 aromatic carbocycles. The summed E-state index contributed by atoms with van der Waals surface area (Å²) < 4.78 is 12.8. The summed E-state index contributed by atoms with van der Waals surface area (Å²) in [5, 5.41) is 2.49. The van der Waals surface area contributed by atoms with Gasteiger partial charge in [-0.25, -0.2) is 4.39 Å². The molecule has 0 aliphatic carbocycles. The Morgan fingerprint density at radius 2 is 2.06 bits per heavy atom. The number of nitrogens with one attached hydrogen (secondary N) is 1. The third-order valence-electron chi connectivity index (χ3n) is 2.11. The largest absolute Gasteiger partial charge is 0.370 e. The van der Waals surface area contributed by atoms with Crippen LogP contribution < -0.4 is 16.8 Å². The van der Waals surface area contributed by atoms with Crippen LogP contribution in [0.1, 0.15) is 12.0 Å². The van der Waals surface area contributed by atoms with Gasteiger partial charge in [0.05, 0.1) is 12.5 Å². The van der Waals surface area contributed by atoms with Gasteiger partial charge in [-0.2, -0.15) is 0 Å². The second-order valence-corrected chi connectivity index (χ2v) is 3.62. The van der Waals surface area contributed by atoms with Gasteiger partial charge in [-0.3, -0.25) is 9.59 Å². The van der Waals surface area contributed by atoms with Crippen LogP contribution in [0.3, 0.4) is 0 Å². The van der Waals surface area contributed by atoms with Crippen LogP contribution in [0.2, 0.25) is 0 Å². The van der Waals surface area contributed by atoms with Gasteiger partial charge in [0, 0.05) is 6.54 Å². The predicted octanol–water partition coefficient (Wildman–Crippen LogP) is 0.0664. The van der Waals surface area contributed by atoms with Gasteiger partial charge in [0.2, 0.25) is 11.8 Å². The zero-order chi connectivity index (χ0) is 12.8. The summed E-state index contributed by atoms with van der Waals surface area (Å²) in [6.07, 6.45) is -0.213. The normalized spacial score (nSPS) is 11.2. The van der Waals surface area contributed by atoms with E-state index in [1.807, 2.05) is 0 Å². The third-order valence-corrected chi connectivity index (χ3v) is 2.11. The number of benzene rings is 1. The van der Waals surface area contributed by atoms with Gasteiger partial charge in [-0.05, 0) is 17.7 Å². The fourth-order valence-corrected chi connectivity index (χ4v) is 1.28. The van der Waals surface area contributed by atoms with Gasteiger partial charge < -0.3 is 16.8 Å². The van der Waals surface area contributed by atoms with E-state index >= 15 is 0 Å². The Morgan fingerprint density at radius 3 is 2.61 bits per heavy atom. The van der Waals surface area contributed by atoms with E-state index in [1.165, 1.54) is 12.1 Å². The molecule has 7 heteroatoms. The molecule has 0 saturated carbocycles. The molecule has 0 fully saturated rings. The van der Waals surface area contributed by atoms with Crippen molar-refractivity contribution >= 4 is 24.2 Å². The number of primary amides is 1. The maximum absolute atomic E-state index is 12.8. The lowest BCUT2D eigenvalue weighted by Crippen LogP contribution is -2.42. The average Bonchev–Trinajstić information content (AvgIpc) is 2.25. The fraction of sp³-hybridized carbons (Fsp3) is 0.273. The van der Waals surface area contributed by atoms with E-state index in [4.69, 9.17) is 11.5 Å². The monoisotopic (exact) mass is 275 g/mol. The van der Waals surface area contributed by atoms with Crippen molar-refractivity contribution < 1.29 is 14.0 Å². The minimum Gasteiger partial charge on any atom is -0.370 e. The van der Waals surface area contributed by atoms with Crippen LogP contribution in [0.4, 0.5) is 4.39 Å². The Labute approximate surface area is 110 Å². The quantitative estimate of drug-likeness (QED) is 0.709. The number of rotatable bonds is 5. The third kappa shape index (κ3) is 5.60. The van der Waals surface area contributed by atoms with Crippen molar-refractivity contribution in [1.29, 1.82) is 0 Å². The molecule has 5 nitrogen and oxygen atoms in total. The summed E-state index contributed by atoms with van der Waals surface area (Å²) in [4.78, 5) is 21.9. The molecule has 1 aromatic rings. The molecule has 1 atom stereocenters. The molecule has 0 heterocycles. The topological polar surface area (TPSA) is 98.2 Å². The Bertz CT molecular complexity index is 429. The first-order valence-corrected chi connectivity index (χ1v) is 5.05. The first kappa shape index (κ1) is 16.3. The van der Waals surface area contributed by atoms with Gasteiger partial charge in [-0.15, -0.1) is 12.4 Å². The summed E-state index contributed by atoms with van der Waals surface area (Å²) in [7, 11) is 0.